The summed E-state index contributed by atoms with van der Waals surface area (Å²) in [4.78, 5) is 14.1. The molecule has 1 N–H and O–H groups in total. The highest BCUT2D eigenvalue weighted by atomic mass is 79.9. The van der Waals surface area contributed by atoms with Crippen molar-refractivity contribution in [2.75, 3.05) is 18.1 Å². The van der Waals surface area contributed by atoms with Gasteiger partial charge >= 0.3 is 0 Å². The molecule has 0 spiro atoms. The van der Waals surface area contributed by atoms with Crippen molar-refractivity contribution in [1.82, 2.24) is 10.4 Å². The zero-order valence-corrected chi connectivity index (χ0v) is 19.8. The first kappa shape index (κ1) is 21.1. The molecule has 5 nitrogen and oxygen atoms in total. The zero-order chi connectivity index (χ0) is 20.5. The molecular weight excluding hydrogens is 495 g/mol. The molecule has 0 bridgehead atoms. The molecule has 0 aliphatic carbocycles. The summed E-state index contributed by atoms with van der Waals surface area (Å²) in [6, 6.07) is 5.25. The van der Waals surface area contributed by atoms with E-state index in [0.717, 1.165) is 46.5 Å². The number of hydrazine groups is 1. The average Bonchev–Trinajstić information content (AvgIpc) is 3.27. The summed E-state index contributed by atoms with van der Waals surface area (Å²) in [5.41, 5.74) is 5.43. The smallest absolute Gasteiger partial charge is 0.281 e. The lowest BCUT2D eigenvalue weighted by Gasteiger charge is -2.26. The molecule has 1 aromatic carbocycles. The van der Waals surface area contributed by atoms with Crippen molar-refractivity contribution in [2.45, 2.75) is 38.6 Å². The highest BCUT2D eigenvalue weighted by Crippen LogP contribution is 2.43. The summed E-state index contributed by atoms with van der Waals surface area (Å²) in [7, 11) is 0. The highest BCUT2D eigenvalue weighted by Gasteiger charge is 2.35. The lowest BCUT2D eigenvalue weighted by molar-refractivity contribution is -0.119. The second-order valence-corrected chi connectivity index (χ2v) is 9.88. The van der Waals surface area contributed by atoms with Crippen LogP contribution in [0.1, 0.15) is 42.2 Å². The number of anilines is 1. The fraction of sp³-hybridized carbons (Fsp3) is 0.400. The number of benzene rings is 1. The standard InChI is InChI=1S/C20H21BrCl2N4OS/c1-12-14(21)11-29-19(12)18-10-16(20(28)25-26-7-3-2-4-8-26)24-27(18)17-6-5-13(22)9-15(17)23/h5-6,9,11,18H,2-4,7-8,10H2,1H3,(H,25,28). The molecule has 3 heterocycles. The molecular formula is C20H21BrCl2N4OS. The van der Waals surface area contributed by atoms with Gasteiger partial charge in [0.05, 0.1) is 16.8 Å². The van der Waals surface area contributed by atoms with Crippen LogP contribution in [0.4, 0.5) is 5.69 Å². The van der Waals surface area contributed by atoms with Crippen molar-refractivity contribution in [2.24, 2.45) is 5.10 Å². The number of hydrazone groups is 1. The topological polar surface area (TPSA) is 47.9 Å². The van der Waals surface area contributed by atoms with Crippen molar-refractivity contribution in [1.29, 1.82) is 0 Å². The highest BCUT2D eigenvalue weighted by molar-refractivity contribution is 9.10. The van der Waals surface area contributed by atoms with Crippen LogP contribution in [-0.2, 0) is 4.79 Å². The summed E-state index contributed by atoms with van der Waals surface area (Å²) in [5.74, 6) is -0.141. The summed E-state index contributed by atoms with van der Waals surface area (Å²) < 4.78 is 1.06. The van der Waals surface area contributed by atoms with Gasteiger partial charge in [0.25, 0.3) is 5.91 Å². The third kappa shape index (κ3) is 4.49. The van der Waals surface area contributed by atoms with Gasteiger partial charge in [0.1, 0.15) is 5.71 Å². The van der Waals surface area contributed by atoms with Crippen molar-refractivity contribution in [3.8, 4) is 0 Å². The molecule has 0 radical (unpaired) electrons. The maximum absolute atomic E-state index is 12.9. The van der Waals surface area contributed by atoms with Gasteiger partial charge in [-0.1, -0.05) is 29.6 Å². The minimum atomic E-state index is -0.141. The molecule has 1 unspecified atom stereocenters. The summed E-state index contributed by atoms with van der Waals surface area (Å²) in [6.45, 7) is 3.83. The molecule has 2 aromatic rings. The van der Waals surface area contributed by atoms with E-state index in [1.54, 1.807) is 23.5 Å². The largest absolute Gasteiger partial charge is 0.284 e. The third-order valence-corrected chi connectivity index (χ3v) is 8.11. The normalized spacial score (nSPS) is 20.1. The maximum atomic E-state index is 12.9. The fourth-order valence-corrected chi connectivity index (χ4v) is 5.85. The Labute approximate surface area is 192 Å². The predicted molar refractivity (Wildman–Crippen MR) is 124 cm³/mol. The lowest BCUT2D eigenvalue weighted by atomic mass is 10.1. The van der Waals surface area contributed by atoms with Gasteiger partial charge in [0.2, 0.25) is 0 Å². The molecule has 1 aromatic heterocycles. The number of halogens is 3. The first-order valence-corrected chi connectivity index (χ1v) is 12.0. The van der Waals surface area contributed by atoms with Gasteiger partial charge in [0, 0.05) is 39.3 Å². The van der Waals surface area contributed by atoms with Gasteiger partial charge in [-0.25, -0.2) is 5.01 Å². The lowest BCUT2D eigenvalue weighted by Crippen LogP contribution is -2.47. The van der Waals surface area contributed by atoms with Crippen LogP contribution in [0.15, 0.2) is 33.2 Å². The summed E-state index contributed by atoms with van der Waals surface area (Å²) in [6.07, 6.45) is 3.94. The van der Waals surface area contributed by atoms with Crippen LogP contribution >= 0.6 is 50.5 Å². The van der Waals surface area contributed by atoms with E-state index in [0.29, 0.717) is 22.2 Å². The van der Waals surface area contributed by atoms with Crippen molar-refractivity contribution in [3.05, 3.63) is 48.5 Å². The van der Waals surface area contributed by atoms with E-state index in [-0.39, 0.29) is 11.9 Å². The molecule has 4 rings (SSSR count). The quantitative estimate of drug-likeness (QED) is 0.547. The Morgan fingerprint density at radius 2 is 2.03 bits per heavy atom. The Kier molecular flexibility index (Phi) is 6.51. The van der Waals surface area contributed by atoms with Crippen LogP contribution in [-0.4, -0.2) is 29.7 Å². The molecule has 29 heavy (non-hydrogen) atoms. The van der Waals surface area contributed by atoms with E-state index in [1.165, 1.54) is 6.42 Å². The molecule has 1 saturated heterocycles. The van der Waals surface area contributed by atoms with Crippen LogP contribution in [0.3, 0.4) is 0 Å². The molecule has 9 heteroatoms. The van der Waals surface area contributed by atoms with E-state index in [4.69, 9.17) is 28.3 Å². The minimum absolute atomic E-state index is 0.0907. The average molecular weight is 516 g/mol. The number of carbonyl (C=O) groups excluding carboxylic acids is 1. The number of amides is 1. The molecule has 2 aliphatic heterocycles. The van der Waals surface area contributed by atoms with Crippen molar-refractivity contribution < 1.29 is 4.79 Å². The SMILES string of the molecule is Cc1c(Br)csc1C1CC(C(=O)NN2CCCCC2)=NN1c1ccc(Cl)cc1Cl. The van der Waals surface area contributed by atoms with Gasteiger partial charge in [-0.2, -0.15) is 5.10 Å². The van der Waals surface area contributed by atoms with Crippen molar-refractivity contribution >= 4 is 67.8 Å². The molecule has 1 atom stereocenters. The number of piperidine rings is 1. The molecule has 1 fully saturated rings. The Morgan fingerprint density at radius 3 is 2.69 bits per heavy atom. The van der Waals surface area contributed by atoms with Crippen LogP contribution in [0.25, 0.3) is 0 Å². The Morgan fingerprint density at radius 1 is 1.28 bits per heavy atom. The number of rotatable bonds is 4. The van der Waals surface area contributed by atoms with Crippen molar-refractivity contribution in [3.63, 3.8) is 0 Å². The maximum Gasteiger partial charge on any atom is 0.281 e. The Balaban J connectivity index is 1.64. The first-order chi connectivity index (χ1) is 13.9. The Hall–Kier alpha value is -1.12. The fourth-order valence-electron chi connectivity index (χ4n) is 3.69. The second kappa shape index (κ2) is 8.94. The van der Waals surface area contributed by atoms with Gasteiger partial charge in [0.15, 0.2) is 0 Å². The summed E-state index contributed by atoms with van der Waals surface area (Å²) >= 11 is 17.8. The van der Waals surface area contributed by atoms with E-state index < -0.39 is 0 Å². The van der Waals surface area contributed by atoms with Crippen LogP contribution < -0.4 is 10.4 Å². The van der Waals surface area contributed by atoms with Gasteiger partial charge in [-0.3, -0.25) is 15.2 Å². The van der Waals surface area contributed by atoms with Crippen LogP contribution in [0, 0.1) is 6.92 Å². The number of thiophene rings is 1. The van der Waals surface area contributed by atoms with Crippen LogP contribution in [0.5, 0.6) is 0 Å². The molecule has 154 valence electrons. The van der Waals surface area contributed by atoms with Gasteiger partial charge in [-0.05, 0) is 59.5 Å². The molecule has 2 aliphatic rings. The molecule has 0 saturated carbocycles. The summed E-state index contributed by atoms with van der Waals surface area (Å²) in [5, 5.41) is 11.7. The third-order valence-electron chi connectivity index (χ3n) is 5.26. The predicted octanol–water partition coefficient (Wildman–Crippen LogP) is 5.95. The van der Waals surface area contributed by atoms with E-state index in [2.05, 4.69) is 33.7 Å². The Bertz CT molecular complexity index is 958. The monoisotopic (exact) mass is 514 g/mol. The molecule has 1 amide bonds. The zero-order valence-electron chi connectivity index (χ0n) is 15.9. The van der Waals surface area contributed by atoms with E-state index in [9.17, 15) is 4.79 Å². The number of carbonyl (C=O) groups is 1. The number of nitrogens with zero attached hydrogens (tertiary/aromatic N) is 3. The van der Waals surface area contributed by atoms with Gasteiger partial charge in [-0.15, -0.1) is 11.3 Å². The van der Waals surface area contributed by atoms with Crippen LogP contribution in [0.2, 0.25) is 10.0 Å². The van der Waals surface area contributed by atoms with E-state index >= 15 is 0 Å². The number of nitrogens with one attached hydrogen (secondary N) is 1. The number of hydrogen-bond donors (Lipinski definition) is 1. The first-order valence-electron chi connectivity index (χ1n) is 9.55. The number of hydrogen-bond acceptors (Lipinski definition) is 5. The second-order valence-electron chi connectivity index (χ2n) is 7.27. The minimum Gasteiger partial charge on any atom is -0.284 e. The van der Waals surface area contributed by atoms with E-state index in [1.807, 2.05) is 16.1 Å². The van der Waals surface area contributed by atoms with Gasteiger partial charge < -0.3 is 0 Å².